The molecule has 37 heavy (non-hydrogen) atoms. The summed E-state index contributed by atoms with van der Waals surface area (Å²) in [6.45, 7) is 0.317. The van der Waals surface area contributed by atoms with Crippen molar-refractivity contribution in [1.82, 2.24) is 14.9 Å². The van der Waals surface area contributed by atoms with Crippen LogP contribution in [0.3, 0.4) is 0 Å². The lowest BCUT2D eigenvalue weighted by Crippen LogP contribution is -2.48. The fraction of sp³-hybridized carbons (Fsp3) is 0.290. The number of piperidine rings is 1. The van der Waals surface area contributed by atoms with Gasteiger partial charge in [-0.05, 0) is 60.1 Å². The highest BCUT2D eigenvalue weighted by molar-refractivity contribution is 5.97. The number of benzene rings is 3. The van der Waals surface area contributed by atoms with Gasteiger partial charge in [0.15, 0.2) is 5.78 Å². The molecule has 7 rings (SSSR count). The number of carbonyl (C=O) groups excluding carboxylic acids is 2. The minimum atomic E-state index is -0.259. The average molecular weight is 490 g/mol. The first kappa shape index (κ1) is 22.2. The number of hydrogen-bond donors (Lipinski definition) is 0. The first-order valence-corrected chi connectivity index (χ1v) is 13.1. The zero-order valence-electron chi connectivity index (χ0n) is 20.4. The van der Waals surface area contributed by atoms with Crippen LogP contribution in [0.4, 0.5) is 4.79 Å². The Balaban J connectivity index is 1.05. The molecule has 3 heterocycles. The molecule has 2 aliphatic heterocycles. The van der Waals surface area contributed by atoms with E-state index in [0.29, 0.717) is 25.1 Å². The van der Waals surface area contributed by atoms with E-state index in [-0.39, 0.29) is 35.8 Å². The van der Waals surface area contributed by atoms with E-state index in [1.54, 1.807) is 6.20 Å². The summed E-state index contributed by atoms with van der Waals surface area (Å²) in [5, 5.41) is 0. The SMILES string of the molecule is O=C(c1cnc2ccccc2n1)C1CC2CCC(C1)N2C(=O)OCC1c2ccccc2-c2ccccc21. The van der Waals surface area contributed by atoms with Crippen molar-refractivity contribution >= 4 is 22.9 Å². The number of rotatable bonds is 4. The maximum absolute atomic E-state index is 13.3. The number of para-hydroxylation sites is 2. The van der Waals surface area contributed by atoms with Crippen molar-refractivity contribution in [2.24, 2.45) is 5.92 Å². The average Bonchev–Trinajstić information content (AvgIpc) is 3.41. The van der Waals surface area contributed by atoms with Crippen LogP contribution < -0.4 is 0 Å². The van der Waals surface area contributed by atoms with Crippen molar-refractivity contribution in [3.8, 4) is 11.1 Å². The van der Waals surface area contributed by atoms with E-state index in [1.807, 2.05) is 41.3 Å². The second-order valence-corrected chi connectivity index (χ2v) is 10.4. The molecule has 2 bridgehead atoms. The standard InChI is InChI=1S/C31H27N3O3/c35-30(29-17-32-27-11-5-6-12-28(27)33-29)19-15-20-13-14-21(16-19)34(20)31(36)37-18-26-24-9-3-1-7-22(24)23-8-2-4-10-25(23)26/h1-12,17,19-21,26H,13-16,18H2. The smallest absolute Gasteiger partial charge is 0.410 e. The van der Waals surface area contributed by atoms with Crippen LogP contribution in [-0.2, 0) is 4.74 Å². The van der Waals surface area contributed by atoms with Crippen LogP contribution in [0.25, 0.3) is 22.2 Å². The lowest BCUT2D eigenvalue weighted by atomic mass is 9.86. The van der Waals surface area contributed by atoms with Crippen LogP contribution in [-0.4, -0.2) is 45.4 Å². The summed E-state index contributed by atoms with van der Waals surface area (Å²) in [4.78, 5) is 37.6. The third kappa shape index (κ3) is 3.70. The van der Waals surface area contributed by atoms with E-state index in [0.717, 1.165) is 23.9 Å². The van der Waals surface area contributed by atoms with Crippen molar-refractivity contribution in [2.45, 2.75) is 43.7 Å². The number of nitrogens with zero attached hydrogens (tertiary/aromatic N) is 3. The molecular formula is C31H27N3O3. The number of fused-ring (bicyclic) bond motifs is 6. The zero-order chi connectivity index (χ0) is 24.9. The molecule has 0 spiro atoms. The quantitative estimate of drug-likeness (QED) is 0.329. The van der Waals surface area contributed by atoms with Gasteiger partial charge in [-0.15, -0.1) is 0 Å². The predicted molar refractivity (Wildman–Crippen MR) is 140 cm³/mol. The summed E-state index contributed by atoms with van der Waals surface area (Å²) in [5.74, 6) is -0.0764. The Kier molecular flexibility index (Phi) is 5.27. The molecule has 3 aromatic carbocycles. The summed E-state index contributed by atoms with van der Waals surface area (Å²) in [5.41, 5.74) is 6.78. The van der Waals surface area contributed by atoms with Gasteiger partial charge in [-0.2, -0.15) is 0 Å². The highest BCUT2D eigenvalue weighted by Crippen LogP contribution is 2.45. The molecule has 0 N–H and O–H groups in total. The molecule has 0 radical (unpaired) electrons. The van der Waals surface area contributed by atoms with Gasteiger partial charge in [-0.1, -0.05) is 60.7 Å². The second-order valence-electron chi connectivity index (χ2n) is 10.4. The number of ether oxygens (including phenoxy) is 1. The van der Waals surface area contributed by atoms with Crippen molar-refractivity contribution in [3.63, 3.8) is 0 Å². The molecule has 1 aliphatic carbocycles. The van der Waals surface area contributed by atoms with E-state index in [9.17, 15) is 9.59 Å². The molecule has 3 aliphatic rings. The number of aromatic nitrogens is 2. The van der Waals surface area contributed by atoms with Crippen LogP contribution in [0, 0.1) is 5.92 Å². The van der Waals surface area contributed by atoms with Crippen molar-refractivity contribution < 1.29 is 14.3 Å². The highest BCUT2D eigenvalue weighted by Gasteiger charge is 2.46. The minimum absolute atomic E-state index is 0.0248. The topological polar surface area (TPSA) is 72.4 Å². The lowest BCUT2D eigenvalue weighted by molar-refractivity contribution is 0.0504. The van der Waals surface area contributed by atoms with Crippen LogP contribution in [0.1, 0.15) is 53.2 Å². The Hall–Kier alpha value is -4.06. The molecule has 2 unspecified atom stereocenters. The number of Topliss-reactive ketones (excluding diaryl/α,β-unsaturated/α-hetero) is 1. The maximum atomic E-state index is 13.3. The Labute approximate surface area is 215 Å². The van der Waals surface area contributed by atoms with Gasteiger partial charge in [-0.3, -0.25) is 9.78 Å². The van der Waals surface area contributed by atoms with Gasteiger partial charge in [0.05, 0.1) is 17.2 Å². The monoisotopic (exact) mass is 489 g/mol. The Morgan fingerprint density at radius 3 is 2.08 bits per heavy atom. The lowest BCUT2D eigenvalue weighted by Gasteiger charge is -2.37. The van der Waals surface area contributed by atoms with E-state index in [4.69, 9.17) is 4.74 Å². The highest BCUT2D eigenvalue weighted by atomic mass is 16.6. The third-order valence-corrected chi connectivity index (χ3v) is 8.35. The number of ketones is 1. The second kappa shape index (κ2) is 8.80. The van der Waals surface area contributed by atoms with Gasteiger partial charge in [0, 0.05) is 23.9 Å². The Morgan fingerprint density at radius 1 is 0.811 bits per heavy atom. The molecule has 0 saturated carbocycles. The van der Waals surface area contributed by atoms with Gasteiger partial charge in [0.25, 0.3) is 0 Å². The van der Waals surface area contributed by atoms with Crippen molar-refractivity contribution in [3.05, 3.63) is 95.8 Å². The number of hydrogen-bond acceptors (Lipinski definition) is 5. The van der Waals surface area contributed by atoms with E-state index >= 15 is 0 Å². The van der Waals surface area contributed by atoms with Crippen LogP contribution in [0.5, 0.6) is 0 Å². The number of amides is 1. The molecule has 2 fully saturated rings. The Morgan fingerprint density at radius 2 is 1.41 bits per heavy atom. The van der Waals surface area contributed by atoms with Crippen LogP contribution >= 0.6 is 0 Å². The predicted octanol–water partition coefficient (Wildman–Crippen LogP) is 6.00. The van der Waals surface area contributed by atoms with Gasteiger partial charge in [0.2, 0.25) is 0 Å². The normalized spacial score (nSPS) is 22.1. The minimum Gasteiger partial charge on any atom is -0.448 e. The molecule has 1 amide bonds. The van der Waals surface area contributed by atoms with Crippen LogP contribution in [0.15, 0.2) is 79.0 Å². The zero-order valence-corrected chi connectivity index (χ0v) is 20.4. The molecule has 184 valence electrons. The molecular weight excluding hydrogens is 462 g/mol. The van der Waals surface area contributed by atoms with Crippen molar-refractivity contribution in [1.29, 1.82) is 0 Å². The molecule has 4 aromatic rings. The molecule has 2 atom stereocenters. The van der Waals surface area contributed by atoms with E-state index in [2.05, 4.69) is 46.4 Å². The largest absolute Gasteiger partial charge is 0.448 e. The molecule has 6 nitrogen and oxygen atoms in total. The summed E-state index contributed by atoms with van der Waals surface area (Å²) in [6, 6.07) is 24.4. The molecule has 2 saturated heterocycles. The first-order chi connectivity index (χ1) is 18.2. The van der Waals surface area contributed by atoms with E-state index in [1.165, 1.54) is 22.3 Å². The van der Waals surface area contributed by atoms with E-state index < -0.39 is 0 Å². The fourth-order valence-corrected chi connectivity index (χ4v) is 6.64. The Bertz CT molecular complexity index is 1470. The summed E-state index contributed by atoms with van der Waals surface area (Å²) in [7, 11) is 0. The molecule has 1 aromatic heterocycles. The first-order valence-electron chi connectivity index (χ1n) is 13.1. The van der Waals surface area contributed by atoms with Gasteiger partial charge in [0.1, 0.15) is 12.3 Å². The van der Waals surface area contributed by atoms with Crippen molar-refractivity contribution in [2.75, 3.05) is 6.61 Å². The molecule has 6 heteroatoms. The number of carbonyl (C=O) groups is 2. The summed E-state index contributed by atoms with van der Waals surface area (Å²) in [6.07, 6.45) is 4.43. The van der Waals surface area contributed by atoms with Crippen LogP contribution in [0.2, 0.25) is 0 Å². The third-order valence-electron chi connectivity index (χ3n) is 8.35. The summed E-state index contributed by atoms with van der Waals surface area (Å²) >= 11 is 0. The summed E-state index contributed by atoms with van der Waals surface area (Å²) < 4.78 is 5.97. The maximum Gasteiger partial charge on any atom is 0.410 e. The van der Waals surface area contributed by atoms with Gasteiger partial charge in [-0.25, -0.2) is 9.78 Å². The van der Waals surface area contributed by atoms with Gasteiger partial charge < -0.3 is 9.64 Å². The fourth-order valence-electron chi connectivity index (χ4n) is 6.64. The van der Waals surface area contributed by atoms with Gasteiger partial charge >= 0.3 is 6.09 Å².